The number of hydrogen-bond donors (Lipinski definition) is 2. The molecule has 0 amide bonds. The third kappa shape index (κ3) is 1.61. The van der Waals surface area contributed by atoms with E-state index in [1.165, 1.54) is 0 Å². The van der Waals surface area contributed by atoms with Gasteiger partial charge in [0.15, 0.2) is 0 Å². The molecule has 4 nitrogen and oxygen atoms in total. The summed E-state index contributed by atoms with van der Waals surface area (Å²) in [7, 11) is 3.28. The summed E-state index contributed by atoms with van der Waals surface area (Å²) in [5.41, 5.74) is 2.02. The van der Waals surface area contributed by atoms with Crippen molar-refractivity contribution in [3.63, 3.8) is 0 Å². The number of anilines is 1. The molecule has 1 aromatic carbocycles. The van der Waals surface area contributed by atoms with E-state index in [0.29, 0.717) is 0 Å². The molecule has 1 unspecified atom stereocenters. The Morgan fingerprint density at radius 2 is 2.00 bits per heavy atom. The molecule has 1 aliphatic rings. The number of ether oxygens (including phenoxy) is 2. The number of aliphatic hydroxyl groups is 1. The van der Waals surface area contributed by atoms with E-state index in [-0.39, 0.29) is 12.6 Å². The number of benzene rings is 1. The van der Waals surface area contributed by atoms with E-state index < -0.39 is 0 Å². The Balaban J connectivity index is 2.42. The molecule has 0 radical (unpaired) electrons. The van der Waals surface area contributed by atoms with Crippen LogP contribution in [0, 0.1) is 0 Å². The third-order valence-electron chi connectivity index (χ3n) is 2.69. The van der Waals surface area contributed by atoms with Crippen LogP contribution in [0.15, 0.2) is 12.1 Å². The quantitative estimate of drug-likeness (QED) is 0.780. The lowest BCUT2D eigenvalue weighted by Gasteiger charge is -2.11. The summed E-state index contributed by atoms with van der Waals surface area (Å²) in [6.45, 7) is 0.112. The van der Waals surface area contributed by atoms with Gasteiger partial charge >= 0.3 is 0 Å². The molecule has 0 fully saturated rings. The SMILES string of the molecule is COc1ccc(OC)c2c1CC(CO)N2. The first-order valence-electron chi connectivity index (χ1n) is 4.91. The number of fused-ring (bicyclic) bond motifs is 1. The normalized spacial score (nSPS) is 18.2. The van der Waals surface area contributed by atoms with Gasteiger partial charge in [-0.1, -0.05) is 0 Å². The molecule has 1 aliphatic heterocycles. The summed E-state index contributed by atoms with van der Waals surface area (Å²) < 4.78 is 10.5. The van der Waals surface area contributed by atoms with Crippen molar-refractivity contribution in [1.29, 1.82) is 0 Å². The standard InChI is InChI=1S/C11H15NO3/c1-14-9-3-4-10(15-2)11-8(9)5-7(6-13)12-11/h3-4,7,12-13H,5-6H2,1-2H3. The minimum atomic E-state index is 0.0604. The fourth-order valence-electron chi connectivity index (χ4n) is 1.94. The Hall–Kier alpha value is -1.42. The maximum Gasteiger partial charge on any atom is 0.142 e. The van der Waals surface area contributed by atoms with Crippen LogP contribution in [0.1, 0.15) is 5.56 Å². The van der Waals surface area contributed by atoms with Crippen molar-refractivity contribution in [2.24, 2.45) is 0 Å². The molecule has 0 aromatic heterocycles. The first kappa shape index (κ1) is 10.1. The zero-order valence-corrected chi connectivity index (χ0v) is 8.91. The van der Waals surface area contributed by atoms with Gasteiger partial charge in [0.2, 0.25) is 0 Å². The summed E-state index contributed by atoms with van der Waals surface area (Å²) in [5, 5.41) is 12.3. The van der Waals surface area contributed by atoms with Crippen molar-refractivity contribution >= 4 is 5.69 Å². The Labute approximate surface area is 88.8 Å². The molecule has 1 aromatic rings. The van der Waals surface area contributed by atoms with Crippen molar-refractivity contribution < 1.29 is 14.6 Å². The molecule has 0 bridgehead atoms. The van der Waals surface area contributed by atoms with Crippen LogP contribution in [0.5, 0.6) is 11.5 Å². The van der Waals surface area contributed by atoms with Crippen LogP contribution in [-0.2, 0) is 6.42 Å². The van der Waals surface area contributed by atoms with Gasteiger partial charge in [-0.05, 0) is 12.1 Å². The molecule has 15 heavy (non-hydrogen) atoms. The number of hydrogen-bond acceptors (Lipinski definition) is 4. The summed E-state index contributed by atoms with van der Waals surface area (Å²) in [6, 6.07) is 3.81. The highest BCUT2D eigenvalue weighted by Gasteiger charge is 2.26. The number of aliphatic hydroxyl groups excluding tert-OH is 1. The molecular formula is C11H15NO3. The number of methoxy groups -OCH3 is 2. The second-order valence-corrected chi connectivity index (χ2v) is 3.55. The van der Waals surface area contributed by atoms with Gasteiger partial charge < -0.3 is 19.9 Å². The first-order chi connectivity index (χ1) is 7.30. The average Bonchev–Trinajstić information content (AvgIpc) is 2.71. The zero-order chi connectivity index (χ0) is 10.8. The molecular weight excluding hydrogens is 194 g/mol. The Morgan fingerprint density at radius 3 is 2.60 bits per heavy atom. The van der Waals surface area contributed by atoms with E-state index in [1.807, 2.05) is 12.1 Å². The van der Waals surface area contributed by atoms with Crippen LogP contribution >= 0.6 is 0 Å². The fourth-order valence-corrected chi connectivity index (χ4v) is 1.94. The molecule has 0 aliphatic carbocycles. The van der Waals surface area contributed by atoms with E-state index in [0.717, 1.165) is 29.2 Å². The topological polar surface area (TPSA) is 50.7 Å². The summed E-state index contributed by atoms with van der Waals surface area (Å²) >= 11 is 0. The van der Waals surface area contributed by atoms with Gasteiger partial charge in [0.1, 0.15) is 11.5 Å². The van der Waals surface area contributed by atoms with Crippen molar-refractivity contribution in [2.45, 2.75) is 12.5 Å². The highest BCUT2D eigenvalue weighted by Crippen LogP contribution is 2.40. The molecule has 2 N–H and O–H groups in total. The predicted molar refractivity (Wildman–Crippen MR) is 57.7 cm³/mol. The second kappa shape index (κ2) is 3.98. The van der Waals surface area contributed by atoms with Crippen LogP contribution in [0.2, 0.25) is 0 Å². The average molecular weight is 209 g/mol. The smallest absolute Gasteiger partial charge is 0.142 e. The molecule has 82 valence electrons. The number of rotatable bonds is 3. The van der Waals surface area contributed by atoms with Gasteiger partial charge in [-0.3, -0.25) is 0 Å². The number of nitrogens with one attached hydrogen (secondary N) is 1. The molecule has 0 saturated carbocycles. The molecule has 2 rings (SSSR count). The van der Waals surface area contributed by atoms with Gasteiger partial charge in [0.05, 0.1) is 32.6 Å². The fraction of sp³-hybridized carbons (Fsp3) is 0.455. The first-order valence-corrected chi connectivity index (χ1v) is 4.91. The van der Waals surface area contributed by atoms with E-state index >= 15 is 0 Å². The third-order valence-corrected chi connectivity index (χ3v) is 2.69. The molecule has 1 atom stereocenters. The minimum absolute atomic E-state index is 0.0604. The Bertz CT molecular complexity index is 332. The lowest BCUT2D eigenvalue weighted by molar-refractivity contribution is 0.276. The van der Waals surface area contributed by atoms with Crippen LogP contribution < -0.4 is 14.8 Å². The van der Waals surface area contributed by atoms with Crippen molar-refractivity contribution in [2.75, 3.05) is 26.1 Å². The zero-order valence-electron chi connectivity index (χ0n) is 8.91. The van der Waals surface area contributed by atoms with Crippen LogP contribution in [0.3, 0.4) is 0 Å². The van der Waals surface area contributed by atoms with E-state index in [4.69, 9.17) is 14.6 Å². The van der Waals surface area contributed by atoms with Gasteiger partial charge in [0, 0.05) is 12.0 Å². The summed E-state index contributed by atoms with van der Waals surface area (Å²) in [6.07, 6.45) is 0.770. The monoisotopic (exact) mass is 209 g/mol. The molecule has 0 saturated heterocycles. The largest absolute Gasteiger partial charge is 0.496 e. The van der Waals surface area contributed by atoms with Crippen LogP contribution in [0.4, 0.5) is 5.69 Å². The Morgan fingerprint density at radius 1 is 1.33 bits per heavy atom. The molecule has 4 heteroatoms. The lowest BCUT2D eigenvalue weighted by Crippen LogP contribution is -2.19. The van der Waals surface area contributed by atoms with Gasteiger partial charge in [0.25, 0.3) is 0 Å². The van der Waals surface area contributed by atoms with Crippen LogP contribution in [-0.4, -0.2) is 32.0 Å². The van der Waals surface area contributed by atoms with E-state index in [9.17, 15) is 0 Å². The van der Waals surface area contributed by atoms with Crippen LogP contribution in [0.25, 0.3) is 0 Å². The maximum atomic E-state index is 9.12. The summed E-state index contributed by atoms with van der Waals surface area (Å²) in [4.78, 5) is 0. The highest BCUT2D eigenvalue weighted by molar-refractivity contribution is 5.70. The van der Waals surface area contributed by atoms with Crippen molar-refractivity contribution in [3.05, 3.63) is 17.7 Å². The van der Waals surface area contributed by atoms with Crippen molar-refractivity contribution in [1.82, 2.24) is 0 Å². The van der Waals surface area contributed by atoms with Gasteiger partial charge in [-0.25, -0.2) is 0 Å². The maximum absolute atomic E-state index is 9.12. The van der Waals surface area contributed by atoms with Gasteiger partial charge in [-0.15, -0.1) is 0 Å². The predicted octanol–water partition coefficient (Wildman–Crippen LogP) is 1.03. The van der Waals surface area contributed by atoms with E-state index in [1.54, 1.807) is 14.2 Å². The van der Waals surface area contributed by atoms with Gasteiger partial charge in [-0.2, -0.15) is 0 Å². The minimum Gasteiger partial charge on any atom is -0.496 e. The molecule has 1 heterocycles. The second-order valence-electron chi connectivity index (χ2n) is 3.55. The Kier molecular flexibility index (Phi) is 2.68. The lowest BCUT2D eigenvalue weighted by atomic mass is 10.1. The highest BCUT2D eigenvalue weighted by atomic mass is 16.5. The van der Waals surface area contributed by atoms with Crippen molar-refractivity contribution in [3.8, 4) is 11.5 Å². The summed E-state index contributed by atoms with van der Waals surface area (Å²) in [5.74, 6) is 1.64. The van der Waals surface area contributed by atoms with E-state index in [2.05, 4.69) is 5.32 Å². The molecule has 0 spiro atoms.